The first-order chi connectivity index (χ1) is 9.74. The summed E-state index contributed by atoms with van der Waals surface area (Å²) in [6, 6.07) is 10.9. The van der Waals surface area contributed by atoms with Crippen molar-refractivity contribution in [1.82, 2.24) is 0 Å². The normalized spacial score (nSPS) is 32.2. The Morgan fingerprint density at radius 2 is 2.25 bits per heavy atom. The lowest BCUT2D eigenvalue weighted by atomic mass is 9.67. The molecule has 3 unspecified atom stereocenters. The zero-order valence-electron chi connectivity index (χ0n) is 12.3. The fourth-order valence-electron chi connectivity index (χ4n) is 3.97. The molecular weight excluding hydrogens is 246 g/mol. The first kappa shape index (κ1) is 13.5. The lowest BCUT2D eigenvalue weighted by molar-refractivity contribution is 0.113. The number of para-hydroxylation sites is 1. The molecule has 20 heavy (non-hydrogen) atoms. The second-order valence-electron chi connectivity index (χ2n) is 6.52. The number of rotatable bonds is 3. The molecule has 3 atom stereocenters. The summed E-state index contributed by atoms with van der Waals surface area (Å²) in [6.45, 7) is 2.25. The van der Waals surface area contributed by atoms with Crippen LogP contribution in [0.2, 0.25) is 0 Å². The van der Waals surface area contributed by atoms with E-state index in [1.165, 1.54) is 24.8 Å². The highest BCUT2D eigenvalue weighted by molar-refractivity contribution is 5.37. The molecule has 0 amide bonds. The molecule has 1 aliphatic carbocycles. The molecule has 1 heterocycles. The maximum Gasteiger partial charge on any atom is 0.123 e. The summed E-state index contributed by atoms with van der Waals surface area (Å²) in [7, 11) is 0. The maximum absolute atomic E-state index is 9.73. The fraction of sp³-hybridized carbons (Fsp3) is 0.611. The fourth-order valence-corrected chi connectivity index (χ4v) is 3.97. The van der Waals surface area contributed by atoms with Gasteiger partial charge in [0.25, 0.3) is 0 Å². The Balaban J connectivity index is 1.69. The van der Waals surface area contributed by atoms with E-state index >= 15 is 0 Å². The highest BCUT2D eigenvalue weighted by Crippen LogP contribution is 2.45. The van der Waals surface area contributed by atoms with E-state index in [4.69, 9.17) is 4.74 Å². The summed E-state index contributed by atoms with van der Waals surface area (Å²) >= 11 is 0. The number of nitriles is 1. The van der Waals surface area contributed by atoms with Crippen molar-refractivity contribution in [3.63, 3.8) is 0 Å². The smallest absolute Gasteiger partial charge is 0.123 e. The molecule has 1 aromatic carbocycles. The molecule has 0 aromatic heterocycles. The van der Waals surface area contributed by atoms with Gasteiger partial charge in [0.1, 0.15) is 11.9 Å². The van der Waals surface area contributed by atoms with Gasteiger partial charge in [0.05, 0.1) is 11.5 Å². The summed E-state index contributed by atoms with van der Waals surface area (Å²) < 4.78 is 6.05. The van der Waals surface area contributed by atoms with E-state index < -0.39 is 0 Å². The zero-order chi connectivity index (χ0) is 14.0. The van der Waals surface area contributed by atoms with Gasteiger partial charge >= 0.3 is 0 Å². The van der Waals surface area contributed by atoms with Gasteiger partial charge in [0, 0.05) is 12.8 Å². The SMILES string of the molecule is CCC1CCCC(C#N)(CC2Cc3ccccc3O2)C1. The third-order valence-corrected chi connectivity index (χ3v) is 5.09. The van der Waals surface area contributed by atoms with E-state index in [0.717, 1.165) is 37.4 Å². The van der Waals surface area contributed by atoms with Crippen LogP contribution in [0.5, 0.6) is 5.75 Å². The van der Waals surface area contributed by atoms with Crippen LogP contribution < -0.4 is 4.74 Å². The Kier molecular flexibility index (Phi) is 3.70. The maximum atomic E-state index is 9.73. The highest BCUT2D eigenvalue weighted by atomic mass is 16.5. The average Bonchev–Trinajstić information content (AvgIpc) is 2.89. The quantitative estimate of drug-likeness (QED) is 0.810. The van der Waals surface area contributed by atoms with Crippen molar-refractivity contribution in [3.8, 4) is 11.8 Å². The van der Waals surface area contributed by atoms with Crippen molar-refractivity contribution < 1.29 is 4.74 Å². The zero-order valence-corrected chi connectivity index (χ0v) is 12.3. The molecule has 1 aromatic rings. The number of nitrogens with zero attached hydrogens (tertiary/aromatic N) is 1. The van der Waals surface area contributed by atoms with E-state index in [2.05, 4.69) is 25.1 Å². The van der Waals surface area contributed by atoms with Crippen LogP contribution in [-0.4, -0.2) is 6.10 Å². The van der Waals surface area contributed by atoms with Gasteiger partial charge in [-0.05, 0) is 30.4 Å². The molecule has 2 heteroatoms. The third kappa shape index (κ3) is 2.54. The van der Waals surface area contributed by atoms with Crippen molar-refractivity contribution in [3.05, 3.63) is 29.8 Å². The Hall–Kier alpha value is -1.49. The molecule has 1 fully saturated rings. The average molecular weight is 269 g/mol. The first-order valence-corrected chi connectivity index (χ1v) is 7.90. The van der Waals surface area contributed by atoms with E-state index in [1.807, 2.05) is 12.1 Å². The minimum atomic E-state index is -0.147. The van der Waals surface area contributed by atoms with Crippen LogP contribution >= 0.6 is 0 Å². The topological polar surface area (TPSA) is 33.0 Å². The Bertz CT molecular complexity index is 493. The lowest BCUT2D eigenvalue weighted by Crippen LogP contribution is -2.32. The van der Waals surface area contributed by atoms with Gasteiger partial charge in [-0.3, -0.25) is 0 Å². The van der Waals surface area contributed by atoms with Crippen LogP contribution in [0.4, 0.5) is 0 Å². The molecule has 0 bridgehead atoms. The van der Waals surface area contributed by atoms with Crippen molar-refractivity contribution in [2.45, 2.75) is 58.0 Å². The Morgan fingerprint density at radius 3 is 3.00 bits per heavy atom. The van der Waals surface area contributed by atoms with Gasteiger partial charge in [-0.2, -0.15) is 5.26 Å². The molecule has 0 spiro atoms. The molecule has 2 nitrogen and oxygen atoms in total. The van der Waals surface area contributed by atoms with Crippen molar-refractivity contribution in [2.75, 3.05) is 0 Å². The second-order valence-corrected chi connectivity index (χ2v) is 6.52. The third-order valence-electron chi connectivity index (χ3n) is 5.09. The van der Waals surface area contributed by atoms with E-state index in [1.54, 1.807) is 0 Å². The van der Waals surface area contributed by atoms with E-state index in [-0.39, 0.29) is 11.5 Å². The van der Waals surface area contributed by atoms with Crippen LogP contribution in [0, 0.1) is 22.7 Å². The van der Waals surface area contributed by atoms with Crippen LogP contribution in [-0.2, 0) is 6.42 Å². The van der Waals surface area contributed by atoms with Gasteiger partial charge in [-0.1, -0.05) is 44.4 Å². The van der Waals surface area contributed by atoms with Crippen LogP contribution in [0.25, 0.3) is 0 Å². The first-order valence-electron chi connectivity index (χ1n) is 7.90. The van der Waals surface area contributed by atoms with Crippen LogP contribution in [0.15, 0.2) is 24.3 Å². The van der Waals surface area contributed by atoms with Crippen molar-refractivity contribution in [2.24, 2.45) is 11.3 Å². The van der Waals surface area contributed by atoms with E-state index in [9.17, 15) is 5.26 Å². The molecule has 3 rings (SSSR count). The lowest BCUT2D eigenvalue weighted by Gasteiger charge is -2.36. The number of hydrogen-bond acceptors (Lipinski definition) is 2. The summed E-state index contributed by atoms with van der Waals surface area (Å²) in [6.07, 6.45) is 7.88. The predicted octanol–water partition coefficient (Wildman–Crippen LogP) is 4.49. The van der Waals surface area contributed by atoms with Gasteiger partial charge in [0.15, 0.2) is 0 Å². The number of ether oxygens (including phenoxy) is 1. The van der Waals surface area contributed by atoms with E-state index in [0.29, 0.717) is 0 Å². The summed E-state index contributed by atoms with van der Waals surface area (Å²) in [5.74, 6) is 1.75. The monoisotopic (exact) mass is 269 g/mol. The van der Waals surface area contributed by atoms with Crippen LogP contribution in [0.1, 0.15) is 51.0 Å². The minimum absolute atomic E-state index is 0.147. The molecule has 2 aliphatic rings. The van der Waals surface area contributed by atoms with Gasteiger partial charge in [-0.25, -0.2) is 0 Å². The second kappa shape index (κ2) is 5.48. The molecule has 0 saturated heterocycles. The van der Waals surface area contributed by atoms with Crippen molar-refractivity contribution in [1.29, 1.82) is 5.26 Å². The standard InChI is InChI=1S/C18H23NO/c1-2-14-6-5-9-18(11-14,13-19)12-16-10-15-7-3-4-8-17(15)20-16/h3-4,7-8,14,16H,2,5-6,9-12H2,1H3. The largest absolute Gasteiger partial charge is 0.490 e. The highest BCUT2D eigenvalue weighted by Gasteiger charge is 2.40. The summed E-state index contributed by atoms with van der Waals surface area (Å²) in [5.41, 5.74) is 1.15. The minimum Gasteiger partial charge on any atom is -0.490 e. The number of benzene rings is 1. The van der Waals surface area contributed by atoms with Gasteiger partial charge < -0.3 is 4.74 Å². The van der Waals surface area contributed by atoms with Gasteiger partial charge in [0.2, 0.25) is 0 Å². The molecule has 0 N–H and O–H groups in total. The molecule has 1 aliphatic heterocycles. The molecule has 106 valence electrons. The number of hydrogen-bond donors (Lipinski definition) is 0. The van der Waals surface area contributed by atoms with Crippen LogP contribution in [0.3, 0.4) is 0 Å². The summed E-state index contributed by atoms with van der Waals surface area (Å²) in [5, 5.41) is 9.73. The Labute approximate surface area is 121 Å². The van der Waals surface area contributed by atoms with Crippen molar-refractivity contribution >= 4 is 0 Å². The summed E-state index contributed by atoms with van der Waals surface area (Å²) in [4.78, 5) is 0. The number of fused-ring (bicyclic) bond motifs is 1. The molecule has 1 saturated carbocycles. The van der Waals surface area contributed by atoms with Gasteiger partial charge in [-0.15, -0.1) is 0 Å². The Morgan fingerprint density at radius 1 is 1.40 bits per heavy atom. The molecule has 0 radical (unpaired) electrons. The molecular formula is C18H23NO. The predicted molar refractivity (Wildman–Crippen MR) is 79.5 cm³/mol.